The molecule has 0 bridgehead atoms. The standard InChI is InChI=1S/C19H18N2O4/c1-2-13-3-5-15(6-4-13)21-19(23)18(22)20-11-16-7-8-17(25-16)14-9-10-24-12-14/h3-10,12H,2,11H2,1H3,(H,20,22)(H,21,23). The van der Waals surface area contributed by atoms with E-state index in [4.69, 9.17) is 8.83 Å². The molecular weight excluding hydrogens is 320 g/mol. The number of carbonyl (C=O) groups excluding carboxylic acids is 2. The van der Waals surface area contributed by atoms with E-state index < -0.39 is 11.8 Å². The van der Waals surface area contributed by atoms with Crippen LogP contribution in [-0.4, -0.2) is 11.8 Å². The van der Waals surface area contributed by atoms with Crippen LogP contribution in [0.3, 0.4) is 0 Å². The zero-order chi connectivity index (χ0) is 17.6. The lowest BCUT2D eigenvalue weighted by Crippen LogP contribution is -2.34. The molecule has 0 spiro atoms. The number of rotatable bonds is 5. The van der Waals surface area contributed by atoms with Crippen LogP contribution in [0.15, 0.2) is 63.8 Å². The number of aryl methyl sites for hydroxylation is 1. The van der Waals surface area contributed by atoms with Gasteiger partial charge >= 0.3 is 11.8 Å². The molecule has 0 aliphatic rings. The zero-order valence-corrected chi connectivity index (χ0v) is 13.7. The molecule has 128 valence electrons. The highest BCUT2D eigenvalue weighted by atomic mass is 16.3. The summed E-state index contributed by atoms with van der Waals surface area (Å²) >= 11 is 0. The predicted molar refractivity (Wildman–Crippen MR) is 92.7 cm³/mol. The lowest BCUT2D eigenvalue weighted by Gasteiger charge is -2.06. The van der Waals surface area contributed by atoms with Crippen LogP contribution in [0.25, 0.3) is 11.3 Å². The van der Waals surface area contributed by atoms with Crippen molar-refractivity contribution in [3.05, 3.63) is 66.3 Å². The van der Waals surface area contributed by atoms with Gasteiger partial charge in [-0.2, -0.15) is 0 Å². The molecule has 2 amide bonds. The normalized spacial score (nSPS) is 10.4. The van der Waals surface area contributed by atoms with Gasteiger partial charge in [-0.05, 0) is 42.3 Å². The summed E-state index contributed by atoms with van der Waals surface area (Å²) < 4.78 is 10.6. The van der Waals surface area contributed by atoms with Gasteiger partial charge in [0.25, 0.3) is 0 Å². The first-order valence-electron chi connectivity index (χ1n) is 7.95. The molecule has 2 aromatic heterocycles. The third-order valence-corrected chi connectivity index (χ3v) is 3.72. The van der Waals surface area contributed by atoms with Crippen LogP contribution < -0.4 is 10.6 Å². The van der Waals surface area contributed by atoms with Gasteiger partial charge in [-0.3, -0.25) is 9.59 Å². The number of hydrogen-bond donors (Lipinski definition) is 2. The molecule has 0 saturated carbocycles. The van der Waals surface area contributed by atoms with Gasteiger partial charge in [0.15, 0.2) is 0 Å². The van der Waals surface area contributed by atoms with Gasteiger partial charge in [-0.15, -0.1) is 0 Å². The molecule has 0 atom stereocenters. The summed E-state index contributed by atoms with van der Waals surface area (Å²) in [5.41, 5.74) is 2.55. The Morgan fingerprint density at radius 2 is 1.80 bits per heavy atom. The maximum atomic E-state index is 11.9. The van der Waals surface area contributed by atoms with Crippen LogP contribution in [-0.2, 0) is 22.6 Å². The number of anilines is 1. The molecule has 0 radical (unpaired) electrons. The lowest BCUT2D eigenvalue weighted by atomic mass is 10.1. The fourth-order valence-corrected chi connectivity index (χ4v) is 2.29. The summed E-state index contributed by atoms with van der Waals surface area (Å²) in [4.78, 5) is 23.8. The third kappa shape index (κ3) is 4.17. The highest BCUT2D eigenvalue weighted by Gasteiger charge is 2.14. The Kier molecular flexibility index (Phi) is 4.99. The van der Waals surface area contributed by atoms with Gasteiger partial charge in [0.05, 0.1) is 18.4 Å². The van der Waals surface area contributed by atoms with E-state index in [2.05, 4.69) is 10.6 Å². The van der Waals surface area contributed by atoms with E-state index in [0.717, 1.165) is 17.5 Å². The van der Waals surface area contributed by atoms with Crippen molar-refractivity contribution < 1.29 is 18.4 Å². The van der Waals surface area contributed by atoms with Gasteiger partial charge in [0.2, 0.25) is 0 Å². The summed E-state index contributed by atoms with van der Waals surface area (Å²) in [6.07, 6.45) is 4.04. The first kappa shape index (κ1) is 16.6. The van der Waals surface area contributed by atoms with Crippen molar-refractivity contribution in [2.24, 2.45) is 0 Å². The van der Waals surface area contributed by atoms with Crippen molar-refractivity contribution in [1.82, 2.24) is 5.32 Å². The Labute approximate surface area is 144 Å². The Hall–Kier alpha value is -3.28. The second kappa shape index (κ2) is 7.53. The Balaban J connectivity index is 1.52. The molecule has 0 aliphatic carbocycles. The summed E-state index contributed by atoms with van der Waals surface area (Å²) in [6.45, 7) is 2.17. The maximum Gasteiger partial charge on any atom is 0.313 e. The van der Waals surface area contributed by atoms with Crippen molar-refractivity contribution in [1.29, 1.82) is 0 Å². The molecule has 2 N–H and O–H groups in total. The van der Waals surface area contributed by atoms with Crippen LogP contribution in [0.5, 0.6) is 0 Å². The third-order valence-electron chi connectivity index (χ3n) is 3.72. The van der Waals surface area contributed by atoms with Crippen molar-refractivity contribution in [3.8, 4) is 11.3 Å². The van der Waals surface area contributed by atoms with Gasteiger partial charge < -0.3 is 19.5 Å². The maximum absolute atomic E-state index is 11.9. The monoisotopic (exact) mass is 338 g/mol. The van der Waals surface area contributed by atoms with Gasteiger partial charge in [0.1, 0.15) is 17.8 Å². The van der Waals surface area contributed by atoms with Crippen molar-refractivity contribution in [2.45, 2.75) is 19.9 Å². The number of carbonyl (C=O) groups is 2. The Bertz CT molecular complexity index is 848. The largest absolute Gasteiger partial charge is 0.472 e. The van der Waals surface area contributed by atoms with Crippen LogP contribution in [0.4, 0.5) is 5.69 Å². The minimum Gasteiger partial charge on any atom is -0.472 e. The second-order valence-electron chi connectivity index (χ2n) is 5.47. The second-order valence-corrected chi connectivity index (χ2v) is 5.47. The zero-order valence-electron chi connectivity index (χ0n) is 13.7. The number of amides is 2. The average molecular weight is 338 g/mol. The number of furan rings is 2. The number of nitrogens with one attached hydrogen (secondary N) is 2. The summed E-state index contributed by atoms with van der Waals surface area (Å²) in [7, 11) is 0. The highest BCUT2D eigenvalue weighted by molar-refractivity contribution is 6.39. The minimum atomic E-state index is -0.721. The van der Waals surface area contributed by atoms with Crippen LogP contribution >= 0.6 is 0 Å². The van der Waals surface area contributed by atoms with Crippen LogP contribution in [0, 0.1) is 0 Å². The first-order chi connectivity index (χ1) is 12.2. The molecule has 25 heavy (non-hydrogen) atoms. The van der Waals surface area contributed by atoms with Gasteiger partial charge in [-0.25, -0.2) is 0 Å². The highest BCUT2D eigenvalue weighted by Crippen LogP contribution is 2.22. The number of hydrogen-bond acceptors (Lipinski definition) is 4. The molecule has 1 aromatic carbocycles. The molecule has 0 saturated heterocycles. The van der Waals surface area contributed by atoms with E-state index in [1.54, 1.807) is 42.9 Å². The van der Waals surface area contributed by atoms with Crippen molar-refractivity contribution in [2.75, 3.05) is 5.32 Å². The van der Waals surface area contributed by atoms with E-state index in [9.17, 15) is 9.59 Å². The van der Waals surface area contributed by atoms with Crippen LogP contribution in [0.2, 0.25) is 0 Å². The summed E-state index contributed by atoms with van der Waals surface area (Å²) in [6, 6.07) is 12.7. The van der Waals surface area contributed by atoms with Gasteiger partial charge in [0, 0.05) is 5.69 Å². The predicted octanol–water partition coefficient (Wildman–Crippen LogP) is 3.36. The fraction of sp³-hybridized carbons (Fsp3) is 0.158. The SMILES string of the molecule is CCc1ccc(NC(=O)C(=O)NCc2ccc(-c3ccoc3)o2)cc1. The van der Waals surface area contributed by atoms with Crippen molar-refractivity contribution in [3.63, 3.8) is 0 Å². The fourth-order valence-electron chi connectivity index (χ4n) is 2.29. The molecule has 0 unspecified atom stereocenters. The molecule has 6 heteroatoms. The molecule has 2 heterocycles. The van der Waals surface area contributed by atoms with Crippen molar-refractivity contribution >= 4 is 17.5 Å². The molecule has 6 nitrogen and oxygen atoms in total. The van der Waals surface area contributed by atoms with E-state index in [1.165, 1.54) is 0 Å². The lowest BCUT2D eigenvalue weighted by molar-refractivity contribution is -0.136. The van der Waals surface area contributed by atoms with E-state index in [1.807, 2.05) is 19.1 Å². The van der Waals surface area contributed by atoms with E-state index in [0.29, 0.717) is 17.2 Å². The molecule has 3 aromatic rings. The molecule has 0 aliphatic heterocycles. The average Bonchev–Trinajstić information content (AvgIpc) is 3.31. The Morgan fingerprint density at radius 1 is 1.00 bits per heavy atom. The summed E-state index contributed by atoms with van der Waals surface area (Å²) in [5.74, 6) is -0.255. The van der Waals surface area contributed by atoms with E-state index in [-0.39, 0.29) is 6.54 Å². The Morgan fingerprint density at radius 3 is 2.48 bits per heavy atom. The smallest absolute Gasteiger partial charge is 0.313 e. The molecule has 0 fully saturated rings. The minimum absolute atomic E-state index is 0.124. The molecular formula is C19H18N2O4. The summed E-state index contributed by atoms with van der Waals surface area (Å²) in [5, 5.41) is 5.09. The van der Waals surface area contributed by atoms with Crippen LogP contribution in [0.1, 0.15) is 18.2 Å². The number of benzene rings is 1. The first-order valence-corrected chi connectivity index (χ1v) is 7.95. The molecule has 3 rings (SSSR count). The quantitative estimate of drug-likeness (QED) is 0.699. The topological polar surface area (TPSA) is 84.5 Å². The van der Waals surface area contributed by atoms with E-state index >= 15 is 0 Å². The van der Waals surface area contributed by atoms with Gasteiger partial charge in [-0.1, -0.05) is 19.1 Å².